The average Bonchev–Trinajstić information content (AvgIpc) is 3.14. The summed E-state index contributed by atoms with van der Waals surface area (Å²) >= 11 is 0. The van der Waals surface area contributed by atoms with Crippen molar-refractivity contribution in [1.82, 2.24) is 24.9 Å². The molecule has 1 fully saturated rings. The van der Waals surface area contributed by atoms with Crippen molar-refractivity contribution in [2.75, 3.05) is 0 Å². The first-order valence-electron chi connectivity index (χ1n) is 9.94. The van der Waals surface area contributed by atoms with Crippen LogP contribution in [0.2, 0.25) is 0 Å². The Morgan fingerprint density at radius 3 is 2.96 bits per heavy atom. The number of halogens is 1. The second kappa shape index (κ2) is 8.12. The number of rotatable bonds is 6. The van der Waals surface area contributed by atoms with Gasteiger partial charge in [0.15, 0.2) is 11.6 Å². The third-order valence-corrected chi connectivity index (χ3v) is 5.70. The van der Waals surface area contributed by atoms with Crippen LogP contribution in [0.25, 0.3) is 22.4 Å². The number of aromatic nitrogens is 5. The van der Waals surface area contributed by atoms with Gasteiger partial charge in [0.05, 0.1) is 11.9 Å². The Kier molecular flexibility index (Phi) is 5.41. The van der Waals surface area contributed by atoms with Crippen molar-refractivity contribution in [3.05, 3.63) is 36.4 Å². The summed E-state index contributed by atoms with van der Waals surface area (Å²) in [6.07, 6.45) is 12.2. The van der Waals surface area contributed by atoms with E-state index in [9.17, 15) is 9.18 Å². The van der Waals surface area contributed by atoms with Crippen LogP contribution in [0.1, 0.15) is 51.1 Å². The van der Waals surface area contributed by atoms with E-state index in [4.69, 9.17) is 0 Å². The monoisotopic (exact) mass is 381 g/mol. The van der Waals surface area contributed by atoms with Crippen LogP contribution in [0.3, 0.4) is 0 Å². The molecule has 0 spiro atoms. The lowest BCUT2D eigenvalue weighted by Crippen LogP contribution is -2.20. The Morgan fingerprint density at radius 2 is 2.11 bits per heavy atom. The van der Waals surface area contributed by atoms with Crippen LogP contribution >= 0.6 is 0 Å². The highest BCUT2D eigenvalue weighted by Gasteiger charge is 2.25. The van der Waals surface area contributed by atoms with Crippen molar-refractivity contribution in [3.8, 4) is 11.4 Å². The molecule has 7 heteroatoms. The van der Waals surface area contributed by atoms with Crippen LogP contribution in [-0.2, 0) is 11.2 Å². The molecule has 0 unspecified atom stereocenters. The van der Waals surface area contributed by atoms with Gasteiger partial charge in [-0.2, -0.15) is 0 Å². The SMILES string of the molecule is CCC(=O)C[C@H]1CCC[C@@H](Cc2nc(-c3c[nH]c4ncncc34)ncc2F)C1. The van der Waals surface area contributed by atoms with E-state index in [1.54, 1.807) is 12.4 Å². The summed E-state index contributed by atoms with van der Waals surface area (Å²) in [4.78, 5) is 31.8. The van der Waals surface area contributed by atoms with E-state index in [2.05, 4.69) is 24.9 Å². The van der Waals surface area contributed by atoms with E-state index in [1.807, 2.05) is 6.92 Å². The van der Waals surface area contributed by atoms with E-state index in [-0.39, 0.29) is 5.82 Å². The minimum Gasteiger partial charge on any atom is -0.345 e. The van der Waals surface area contributed by atoms with Gasteiger partial charge in [-0.25, -0.2) is 24.3 Å². The van der Waals surface area contributed by atoms with Crippen molar-refractivity contribution in [3.63, 3.8) is 0 Å². The highest BCUT2D eigenvalue weighted by Crippen LogP contribution is 2.34. The Labute approximate surface area is 163 Å². The minimum atomic E-state index is -0.369. The van der Waals surface area contributed by atoms with Crippen molar-refractivity contribution >= 4 is 16.8 Å². The molecule has 1 N–H and O–H groups in total. The van der Waals surface area contributed by atoms with E-state index >= 15 is 0 Å². The molecule has 1 saturated carbocycles. The lowest BCUT2D eigenvalue weighted by molar-refractivity contribution is -0.120. The van der Waals surface area contributed by atoms with Crippen LogP contribution in [0, 0.1) is 17.7 Å². The molecule has 0 amide bonds. The van der Waals surface area contributed by atoms with Gasteiger partial charge in [0.1, 0.15) is 17.8 Å². The molecule has 0 saturated heterocycles. The second-order valence-electron chi connectivity index (χ2n) is 7.67. The molecule has 3 heterocycles. The summed E-state index contributed by atoms with van der Waals surface area (Å²) in [6, 6.07) is 0. The normalized spacial score (nSPS) is 19.8. The number of carbonyl (C=O) groups excluding carboxylic acids is 1. The molecule has 0 aromatic carbocycles. The zero-order valence-electron chi connectivity index (χ0n) is 16.0. The smallest absolute Gasteiger partial charge is 0.163 e. The van der Waals surface area contributed by atoms with Crippen LogP contribution < -0.4 is 0 Å². The zero-order chi connectivity index (χ0) is 19.5. The Bertz CT molecular complexity index is 986. The van der Waals surface area contributed by atoms with Crippen LogP contribution in [0.5, 0.6) is 0 Å². The first kappa shape index (κ1) is 18.7. The topological polar surface area (TPSA) is 84.4 Å². The van der Waals surface area contributed by atoms with E-state index < -0.39 is 0 Å². The lowest BCUT2D eigenvalue weighted by atomic mass is 9.77. The van der Waals surface area contributed by atoms with Gasteiger partial charge in [-0.3, -0.25) is 4.79 Å². The van der Waals surface area contributed by atoms with Crippen LogP contribution in [-0.4, -0.2) is 30.7 Å². The van der Waals surface area contributed by atoms with Gasteiger partial charge >= 0.3 is 0 Å². The predicted octanol–water partition coefficient (Wildman–Crippen LogP) is 4.27. The zero-order valence-corrected chi connectivity index (χ0v) is 16.0. The first-order chi connectivity index (χ1) is 13.6. The lowest BCUT2D eigenvalue weighted by Gasteiger charge is -2.28. The van der Waals surface area contributed by atoms with Crippen LogP contribution in [0.4, 0.5) is 4.39 Å². The molecule has 2 atom stereocenters. The third kappa shape index (κ3) is 3.93. The van der Waals surface area contributed by atoms with E-state index in [0.717, 1.165) is 36.6 Å². The maximum absolute atomic E-state index is 14.4. The van der Waals surface area contributed by atoms with Crippen LogP contribution in [0.15, 0.2) is 24.9 Å². The van der Waals surface area contributed by atoms with Crippen molar-refractivity contribution < 1.29 is 9.18 Å². The van der Waals surface area contributed by atoms with Gasteiger partial charge in [-0.15, -0.1) is 0 Å². The fraction of sp³-hybridized carbons (Fsp3) is 0.476. The number of Topliss-reactive ketones (excluding diaryl/α,β-unsaturated/α-hetero) is 1. The highest BCUT2D eigenvalue weighted by atomic mass is 19.1. The number of carbonyl (C=O) groups is 1. The molecule has 0 aliphatic heterocycles. The number of fused-ring (bicyclic) bond motifs is 1. The summed E-state index contributed by atoms with van der Waals surface area (Å²) in [5.41, 5.74) is 1.92. The molecule has 3 aromatic heterocycles. The fourth-order valence-corrected chi connectivity index (χ4v) is 4.23. The van der Waals surface area contributed by atoms with Gasteiger partial charge in [0.25, 0.3) is 0 Å². The quantitative estimate of drug-likeness (QED) is 0.689. The van der Waals surface area contributed by atoms with Gasteiger partial charge < -0.3 is 4.98 Å². The van der Waals surface area contributed by atoms with Gasteiger partial charge in [-0.1, -0.05) is 26.2 Å². The summed E-state index contributed by atoms with van der Waals surface area (Å²) in [5.74, 6) is 1.20. The van der Waals surface area contributed by atoms with Crippen molar-refractivity contribution in [1.29, 1.82) is 0 Å². The Morgan fingerprint density at radius 1 is 1.25 bits per heavy atom. The average molecular weight is 381 g/mol. The van der Waals surface area contributed by atoms with Gasteiger partial charge in [-0.05, 0) is 24.7 Å². The van der Waals surface area contributed by atoms with Crippen molar-refractivity contribution in [2.45, 2.75) is 51.9 Å². The predicted molar refractivity (Wildman–Crippen MR) is 104 cm³/mol. The largest absolute Gasteiger partial charge is 0.345 e. The summed E-state index contributed by atoms with van der Waals surface area (Å²) in [5, 5.41) is 0.816. The fourth-order valence-electron chi connectivity index (χ4n) is 4.23. The molecular formula is C21H24FN5O. The molecule has 28 heavy (non-hydrogen) atoms. The first-order valence-corrected chi connectivity index (χ1v) is 9.94. The Hall–Kier alpha value is -2.70. The maximum Gasteiger partial charge on any atom is 0.163 e. The van der Waals surface area contributed by atoms with Gasteiger partial charge in [0, 0.05) is 36.2 Å². The molecule has 6 nitrogen and oxygen atoms in total. The van der Waals surface area contributed by atoms with Gasteiger partial charge in [0.2, 0.25) is 0 Å². The minimum absolute atomic E-state index is 0.322. The third-order valence-electron chi connectivity index (χ3n) is 5.70. The molecule has 0 bridgehead atoms. The number of ketones is 1. The molecule has 1 aliphatic rings. The van der Waals surface area contributed by atoms with E-state index in [0.29, 0.717) is 54.0 Å². The second-order valence-corrected chi connectivity index (χ2v) is 7.67. The number of aromatic amines is 1. The number of nitrogens with one attached hydrogen (secondary N) is 1. The van der Waals surface area contributed by atoms with Crippen molar-refractivity contribution in [2.24, 2.45) is 11.8 Å². The Balaban J connectivity index is 1.54. The molecule has 3 aromatic rings. The highest BCUT2D eigenvalue weighted by molar-refractivity contribution is 5.90. The number of hydrogen-bond donors (Lipinski definition) is 1. The summed E-state index contributed by atoms with van der Waals surface area (Å²) < 4.78 is 14.4. The molecule has 4 rings (SSSR count). The standard InChI is InChI=1S/C21H24FN5O/c1-2-15(28)7-13-4-3-5-14(6-13)8-19-18(22)11-25-21(27-19)17-10-24-20-16(17)9-23-12-26-20/h9-14H,2-8H2,1H3,(H,23,24,26)/t13-,14+/m0/s1. The number of nitrogens with zero attached hydrogens (tertiary/aromatic N) is 4. The number of H-pyrrole nitrogens is 1. The molecular weight excluding hydrogens is 357 g/mol. The van der Waals surface area contributed by atoms with E-state index in [1.165, 1.54) is 12.5 Å². The maximum atomic E-state index is 14.4. The molecule has 146 valence electrons. The number of hydrogen-bond acceptors (Lipinski definition) is 5. The molecule has 1 aliphatic carbocycles. The summed E-state index contributed by atoms with van der Waals surface area (Å²) in [6.45, 7) is 1.91. The molecule has 0 radical (unpaired) electrons. The summed E-state index contributed by atoms with van der Waals surface area (Å²) in [7, 11) is 0.